The van der Waals surface area contributed by atoms with Crippen molar-refractivity contribution in [1.82, 2.24) is 10.2 Å². The third-order valence-electron chi connectivity index (χ3n) is 4.89. The molecule has 0 fully saturated rings. The molecule has 5 nitrogen and oxygen atoms in total. The van der Waals surface area contributed by atoms with Crippen molar-refractivity contribution in [1.29, 1.82) is 0 Å². The number of carbonyl (C=O) groups excluding carboxylic acids is 2. The van der Waals surface area contributed by atoms with E-state index in [4.69, 9.17) is 27.9 Å². The number of nitrogens with one attached hydrogen (secondary N) is 1. The summed E-state index contributed by atoms with van der Waals surface area (Å²) in [5.41, 5.74) is 1.78. The number of hydrogen-bond donors (Lipinski definition) is 1. The number of ether oxygens (including phenoxy) is 1. The highest BCUT2D eigenvalue weighted by molar-refractivity contribution is 6.36. The number of carbonyl (C=O) groups is 2. The van der Waals surface area contributed by atoms with Crippen molar-refractivity contribution in [2.24, 2.45) is 0 Å². The first kappa shape index (κ1) is 24.0. The van der Waals surface area contributed by atoms with Gasteiger partial charge in [0, 0.05) is 29.2 Å². The van der Waals surface area contributed by atoms with Crippen molar-refractivity contribution in [2.45, 2.75) is 45.7 Å². The number of rotatable bonds is 7. The number of benzene rings is 2. The van der Waals surface area contributed by atoms with Gasteiger partial charge in [0.15, 0.2) is 6.61 Å². The summed E-state index contributed by atoms with van der Waals surface area (Å²) in [6, 6.07) is 12.0. The maximum Gasteiger partial charge on any atom is 0.261 e. The zero-order valence-corrected chi connectivity index (χ0v) is 19.5. The molecule has 1 atom stereocenters. The van der Waals surface area contributed by atoms with Crippen LogP contribution < -0.4 is 10.1 Å². The van der Waals surface area contributed by atoms with E-state index in [2.05, 4.69) is 26.1 Å². The molecule has 162 valence electrons. The lowest BCUT2D eigenvalue weighted by molar-refractivity contribution is -0.142. The van der Waals surface area contributed by atoms with Crippen LogP contribution in [0.4, 0.5) is 0 Å². The Labute approximate surface area is 188 Å². The first-order valence-electron chi connectivity index (χ1n) is 9.72. The molecule has 2 aromatic rings. The molecule has 0 saturated heterocycles. The van der Waals surface area contributed by atoms with E-state index in [1.165, 1.54) is 17.5 Å². The SMILES string of the molecule is CNC(=O)[C@@H](C)N(Cc1c(Cl)cccc1Cl)C(=O)COc1ccc(C(C)(C)C)cc1. The average molecular weight is 451 g/mol. The van der Waals surface area contributed by atoms with Crippen molar-refractivity contribution in [2.75, 3.05) is 13.7 Å². The highest BCUT2D eigenvalue weighted by atomic mass is 35.5. The van der Waals surface area contributed by atoms with Crippen molar-refractivity contribution in [3.63, 3.8) is 0 Å². The molecule has 0 spiro atoms. The van der Waals surface area contributed by atoms with Crippen LogP contribution in [0.15, 0.2) is 42.5 Å². The van der Waals surface area contributed by atoms with E-state index >= 15 is 0 Å². The van der Waals surface area contributed by atoms with Crippen molar-refractivity contribution in [3.8, 4) is 5.75 Å². The van der Waals surface area contributed by atoms with Crippen LogP contribution in [-0.2, 0) is 21.5 Å². The van der Waals surface area contributed by atoms with Crippen LogP contribution >= 0.6 is 23.2 Å². The topological polar surface area (TPSA) is 58.6 Å². The van der Waals surface area contributed by atoms with Gasteiger partial charge in [-0.25, -0.2) is 0 Å². The van der Waals surface area contributed by atoms with Crippen molar-refractivity contribution in [3.05, 3.63) is 63.6 Å². The maximum atomic E-state index is 13.0. The lowest BCUT2D eigenvalue weighted by Crippen LogP contribution is -2.48. The molecule has 2 rings (SSSR count). The van der Waals surface area contributed by atoms with E-state index in [-0.39, 0.29) is 30.4 Å². The lowest BCUT2D eigenvalue weighted by Gasteiger charge is -2.29. The van der Waals surface area contributed by atoms with Crippen LogP contribution in [0.2, 0.25) is 10.0 Å². The van der Waals surface area contributed by atoms with Crippen molar-refractivity contribution >= 4 is 35.0 Å². The van der Waals surface area contributed by atoms with Crippen molar-refractivity contribution < 1.29 is 14.3 Å². The van der Waals surface area contributed by atoms with Gasteiger partial charge < -0.3 is 15.0 Å². The molecule has 2 amide bonds. The fourth-order valence-electron chi connectivity index (χ4n) is 2.92. The largest absolute Gasteiger partial charge is 0.484 e. The smallest absolute Gasteiger partial charge is 0.261 e. The summed E-state index contributed by atoms with van der Waals surface area (Å²) in [7, 11) is 1.53. The third kappa shape index (κ3) is 6.13. The monoisotopic (exact) mass is 450 g/mol. The van der Waals surface area contributed by atoms with Crippen LogP contribution in [0.5, 0.6) is 5.75 Å². The first-order valence-corrected chi connectivity index (χ1v) is 10.5. The predicted octanol–water partition coefficient (Wildman–Crippen LogP) is 4.83. The van der Waals surface area contributed by atoms with E-state index in [0.717, 1.165) is 0 Å². The fraction of sp³-hybridized carbons (Fsp3) is 0.391. The van der Waals surface area contributed by atoms with E-state index in [0.29, 0.717) is 21.4 Å². The molecule has 0 aliphatic heterocycles. The van der Waals surface area contributed by atoms with E-state index in [9.17, 15) is 9.59 Å². The van der Waals surface area contributed by atoms with Crippen LogP contribution in [0.1, 0.15) is 38.8 Å². The molecule has 0 unspecified atom stereocenters. The molecule has 7 heteroatoms. The number of hydrogen-bond acceptors (Lipinski definition) is 3. The lowest BCUT2D eigenvalue weighted by atomic mass is 9.87. The zero-order valence-electron chi connectivity index (χ0n) is 18.0. The van der Waals surface area contributed by atoms with Gasteiger partial charge in [-0.2, -0.15) is 0 Å². The van der Waals surface area contributed by atoms with Crippen LogP contribution in [0.25, 0.3) is 0 Å². The zero-order chi connectivity index (χ0) is 22.5. The van der Waals surface area contributed by atoms with E-state index in [1.807, 2.05) is 24.3 Å². The second-order valence-corrected chi connectivity index (χ2v) is 8.89. The number of halogens is 2. The van der Waals surface area contributed by atoms with Gasteiger partial charge in [-0.05, 0) is 42.2 Å². The van der Waals surface area contributed by atoms with Gasteiger partial charge >= 0.3 is 0 Å². The van der Waals surface area contributed by atoms with Gasteiger partial charge in [-0.15, -0.1) is 0 Å². The summed E-state index contributed by atoms with van der Waals surface area (Å²) >= 11 is 12.5. The highest BCUT2D eigenvalue weighted by Crippen LogP contribution is 2.27. The quantitative estimate of drug-likeness (QED) is 0.656. The molecule has 0 radical (unpaired) electrons. The molecule has 30 heavy (non-hydrogen) atoms. The van der Waals surface area contributed by atoms with Gasteiger partial charge in [0.1, 0.15) is 11.8 Å². The van der Waals surface area contributed by atoms with Gasteiger partial charge in [0.2, 0.25) is 5.91 Å². The minimum atomic E-state index is -0.721. The Morgan fingerprint density at radius 1 is 1.07 bits per heavy atom. The Hall–Kier alpha value is -2.24. The van der Waals surface area contributed by atoms with Crippen LogP contribution in [-0.4, -0.2) is 36.4 Å². The summed E-state index contributed by atoms with van der Waals surface area (Å²) in [6.07, 6.45) is 0. The standard InChI is InChI=1S/C23H28Cl2N2O3/c1-15(22(29)26-5)27(13-18-19(24)7-6-8-20(18)25)21(28)14-30-17-11-9-16(10-12-17)23(2,3)4/h6-12,15H,13-14H2,1-5H3,(H,26,29)/t15-/m1/s1. The Morgan fingerprint density at radius 2 is 1.63 bits per heavy atom. The number of likely N-dealkylation sites (N-methyl/N-ethyl adjacent to an activating group) is 1. The number of nitrogens with zero attached hydrogens (tertiary/aromatic N) is 1. The summed E-state index contributed by atoms with van der Waals surface area (Å²) < 4.78 is 5.69. The molecule has 0 heterocycles. The molecular weight excluding hydrogens is 423 g/mol. The molecule has 2 aromatic carbocycles. The summed E-state index contributed by atoms with van der Waals surface area (Å²) in [6.45, 7) is 7.93. The van der Waals surface area contributed by atoms with Crippen LogP contribution in [0, 0.1) is 0 Å². The van der Waals surface area contributed by atoms with E-state index < -0.39 is 6.04 Å². The Kier molecular flexibility index (Phi) is 8.16. The number of amides is 2. The molecular formula is C23H28Cl2N2O3. The average Bonchev–Trinajstić information content (AvgIpc) is 2.70. The Morgan fingerprint density at radius 3 is 2.13 bits per heavy atom. The summed E-state index contributed by atoms with van der Waals surface area (Å²) in [4.78, 5) is 26.6. The molecule has 1 N–H and O–H groups in total. The Bertz CT molecular complexity index is 872. The maximum absolute atomic E-state index is 13.0. The second kappa shape index (κ2) is 10.2. The second-order valence-electron chi connectivity index (χ2n) is 8.08. The molecule has 0 aliphatic carbocycles. The third-order valence-corrected chi connectivity index (χ3v) is 5.59. The molecule has 0 bridgehead atoms. The van der Waals surface area contributed by atoms with Crippen LogP contribution in [0.3, 0.4) is 0 Å². The van der Waals surface area contributed by atoms with Gasteiger partial charge in [-0.3, -0.25) is 9.59 Å². The molecule has 0 saturated carbocycles. The first-order chi connectivity index (χ1) is 14.0. The van der Waals surface area contributed by atoms with E-state index in [1.54, 1.807) is 25.1 Å². The molecule has 0 aliphatic rings. The fourth-order valence-corrected chi connectivity index (χ4v) is 3.44. The summed E-state index contributed by atoms with van der Waals surface area (Å²) in [5, 5.41) is 3.44. The highest BCUT2D eigenvalue weighted by Gasteiger charge is 2.27. The normalized spacial score (nSPS) is 12.2. The van der Waals surface area contributed by atoms with Gasteiger partial charge in [-0.1, -0.05) is 62.2 Å². The Balaban J connectivity index is 2.17. The molecule has 0 aromatic heterocycles. The minimum absolute atomic E-state index is 0.0301. The van der Waals surface area contributed by atoms with Gasteiger partial charge in [0.25, 0.3) is 5.91 Å². The van der Waals surface area contributed by atoms with Gasteiger partial charge in [0.05, 0.1) is 0 Å². The predicted molar refractivity (Wildman–Crippen MR) is 121 cm³/mol. The summed E-state index contributed by atoms with van der Waals surface area (Å²) in [5.74, 6) is -0.0530. The minimum Gasteiger partial charge on any atom is -0.484 e.